The highest BCUT2D eigenvalue weighted by atomic mass is 32.2. The van der Waals surface area contributed by atoms with E-state index in [-0.39, 0.29) is 24.5 Å². The number of sulfonamides is 1. The molecule has 0 bridgehead atoms. The van der Waals surface area contributed by atoms with Gasteiger partial charge in [-0.3, -0.25) is 9.69 Å². The highest BCUT2D eigenvalue weighted by Gasteiger charge is 2.30. The van der Waals surface area contributed by atoms with E-state index in [2.05, 4.69) is 5.32 Å². The zero-order chi connectivity index (χ0) is 19.4. The zero-order valence-corrected chi connectivity index (χ0v) is 15.4. The second-order valence-electron chi connectivity index (χ2n) is 6.33. The van der Waals surface area contributed by atoms with Gasteiger partial charge in [-0.1, -0.05) is 17.7 Å². The fourth-order valence-corrected chi connectivity index (χ4v) is 3.97. The number of nitrogens with zero attached hydrogens (tertiary/aromatic N) is 2. The monoisotopic (exact) mass is 390 g/mol. The minimum absolute atomic E-state index is 0.0565. The molecule has 26 heavy (non-hydrogen) atoms. The quantitative estimate of drug-likeness (QED) is 0.684. The topological polar surface area (TPSA) is 95.7 Å². The molecular weight excluding hydrogens is 366 g/mol. The van der Waals surface area contributed by atoms with Crippen LogP contribution < -0.4 is 11.1 Å². The van der Waals surface area contributed by atoms with Crippen LogP contribution in [-0.4, -0.2) is 75.3 Å². The van der Waals surface area contributed by atoms with Gasteiger partial charge in [-0.25, -0.2) is 17.2 Å². The van der Waals surface area contributed by atoms with Gasteiger partial charge in [0.05, 0.1) is 24.5 Å². The molecule has 0 aliphatic carbocycles. The van der Waals surface area contributed by atoms with E-state index in [0.717, 1.165) is 5.56 Å². The number of nitrogens with one attached hydrogen (secondary N) is 1. The predicted molar refractivity (Wildman–Crippen MR) is 93.4 cm³/mol. The van der Waals surface area contributed by atoms with Gasteiger partial charge in [0.15, 0.2) is 0 Å². The van der Waals surface area contributed by atoms with Crippen LogP contribution >= 0.6 is 0 Å². The molecule has 3 N–H and O–H groups in total. The SMILES string of the molecule is Cc1ccc(S(=O)(=O)N2CCN(CC(=O)NCC(F)(F)CN)CC2)cc1. The van der Waals surface area contributed by atoms with E-state index in [9.17, 15) is 22.0 Å². The first-order chi connectivity index (χ1) is 12.1. The number of benzene rings is 1. The molecule has 0 radical (unpaired) electrons. The standard InChI is InChI=1S/C16H24F2N4O3S/c1-13-2-4-14(5-3-13)26(24,25)22-8-6-21(7-9-22)10-15(23)20-12-16(17,18)11-19/h2-5H,6-12,19H2,1H3,(H,20,23). The smallest absolute Gasteiger partial charge is 0.277 e. The van der Waals surface area contributed by atoms with E-state index in [1.54, 1.807) is 29.2 Å². The maximum atomic E-state index is 13.0. The maximum Gasteiger partial charge on any atom is 0.277 e. The van der Waals surface area contributed by atoms with Crippen molar-refractivity contribution in [1.82, 2.24) is 14.5 Å². The van der Waals surface area contributed by atoms with E-state index >= 15 is 0 Å². The number of rotatable bonds is 7. The van der Waals surface area contributed by atoms with Crippen molar-refractivity contribution in [3.05, 3.63) is 29.8 Å². The van der Waals surface area contributed by atoms with Gasteiger partial charge < -0.3 is 11.1 Å². The average molecular weight is 390 g/mol. The number of amides is 1. The molecule has 1 aliphatic rings. The molecule has 0 saturated carbocycles. The van der Waals surface area contributed by atoms with E-state index in [0.29, 0.717) is 13.1 Å². The molecule has 1 aliphatic heterocycles. The third-order valence-corrected chi connectivity index (χ3v) is 6.11. The summed E-state index contributed by atoms with van der Waals surface area (Å²) < 4.78 is 52.6. The molecule has 2 rings (SSSR count). The molecule has 7 nitrogen and oxygen atoms in total. The Morgan fingerprint density at radius 2 is 1.77 bits per heavy atom. The first kappa shape index (κ1) is 20.7. The Hall–Kier alpha value is -1.62. The number of piperazine rings is 1. The van der Waals surface area contributed by atoms with Gasteiger partial charge in [-0.15, -0.1) is 0 Å². The molecule has 0 aromatic heterocycles. The van der Waals surface area contributed by atoms with Crippen LogP contribution in [0.1, 0.15) is 5.56 Å². The fourth-order valence-electron chi connectivity index (χ4n) is 2.55. The Bertz CT molecular complexity index is 718. The molecule has 0 spiro atoms. The molecule has 0 atom stereocenters. The first-order valence-corrected chi connectivity index (χ1v) is 9.72. The highest BCUT2D eigenvalue weighted by molar-refractivity contribution is 7.89. The van der Waals surface area contributed by atoms with Crippen molar-refractivity contribution < 1.29 is 22.0 Å². The first-order valence-electron chi connectivity index (χ1n) is 8.28. The number of alkyl halides is 2. The second-order valence-corrected chi connectivity index (χ2v) is 8.27. The van der Waals surface area contributed by atoms with Gasteiger partial charge in [0.25, 0.3) is 5.92 Å². The summed E-state index contributed by atoms with van der Waals surface area (Å²) in [7, 11) is -3.57. The maximum absolute atomic E-state index is 13.0. The summed E-state index contributed by atoms with van der Waals surface area (Å²) in [5.41, 5.74) is 5.89. The van der Waals surface area contributed by atoms with Gasteiger partial charge in [-0.2, -0.15) is 4.31 Å². The summed E-state index contributed by atoms with van der Waals surface area (Å²) in [5.74, 6) is -3.66. The lowest BCUT2D eigenvalue weighted by molar-refractivity contribution is -0.124. The fraction of sp³-hybridized carbons (Fsp3) is 0.562. The Morgan fingerprint density at radius 3 is 2.31 bits per heavy atom. The highest BCUT2D eigenvalue weighted by Crippen LogP contribution is 2.18. The van der Waals surface area contributed by atoms with Crippen molar-refractivity contribution in [2.45, 2.75) is 17.7 Å². The normalized spacial score (nSPS) is 17.2. The van der Waals surface area contributed by atoms with Crippen LogP contribution in [0.3, 0.4) is 0 Å². The summed E-state index contributed by atoms with van der Waals surface area (Å²) in [6.07, 6.45) is 0. The van der Waals surface area contributed by atoms with E-state index in [1.807, 2.05) is 6.92 Å². The van der Waals surface area contributed by atoms with Gasteiger partial charge in [0, 0.05) is 26.2 Å². The number of aryl methyl sites for hydroxylation is 1. The predicted octanol–water partition coefficient (Wildman–Crippen LogP) is 0.0115. The molecule has 1 aromatic carbocycles. The number of halogens is 2. The van der Waals surface area contributed by atoms with Gasteiger partial charge in [0.1, 0.15) is 0 Å². The number of carbonyl (C=O) groups is 1. The molecule has 1 heterocycles. The van der Waals surface area contributed by atoms with Crippen LogP contribution in [0.15, 0.2) is 29.2 Å². The molecule has 0 unspecified atom stereocenters. The molecule has 1 saturated heterocycles. The molecule has 1 amide bonds. The van der Waals surface area contributed by atoms with Crippen LogP contribution in [0.5, 0.6) is 0 Å². The Balaban J connectivity index is 1.85. The van der Waals surface area contributed by atoms with Crippen molar-refractivity contribution in [2.24, 2.45) is 5.73 Å². The van der Waals surface area contributed by atoms with Crippen LogP contribution in [0.2, 0.25) is 0 Å². The van der Waals surface area contributed by atoms with E-state index in [1.165, 1.54) is 4.31 Å². The Morgan fingerprint density at radius 1 is 1.19 bits per heavy atom. The summed E-state index contributed by atoms with van der Waals surface area (Å²) in [5, 5.41) is 2.15. The average Bonchev–Trinajstić information content (AvgIpc) is 2.61. The number of hydrogen-bond donors (Lipinski definition) is 2. The number of carbonyl (C=O) groups excluding carboxylic acids is 1. The van der Waals surface area contributed by atoms with Crippen molar-refractivity contribution in [3.8, 4) is 0 Å². The summed E-state index contributed by atoms with van der Waals surface area (Å²) in [6, 6.07) is 6.62. The summed E-state index contributed by atoms with van der Waals surface area (Å²) in [6.45, 7) is 1.37. The molecular formula is C16H24F2N4O3S. The third kappa shape index (κ3) is 5.44. The van der Waals surface area contributed by atoms with E-state index < -0.39 is 34.9 Å². The summed E-state index contributed by atoms with van der Waals surface area (Å²) >= 11 is 0. The van der Waals surface area contributed by atoms with Gasteiger partial charge >= 0.3 is 0 Å². The zero-order valence-electron chi connectivity index (χ0n) is 14.6. The Labute approximate surface area is 152 Å². The van der Waals surface area contributed by atoms with Crippen molar-refractivity contribution in [3.63, 3.8) is 0 Å². The minimum atomic E-state index is -3.57. The number of nitrogens with two attached hydrogens (primary N) is 1. The van der Waals surface area contributed by atoms with Crippen LogP contribution in [0.25, 0.3) is 0 Å². The second kappa shape index (κ2) is 8.38. The molecule has 1 aromatic rings. The van der Waals surface area contributed by atoms with Crippen LogP contribution in [-0.2, 0) is 14.8 Å². The molecule has 146 valence electrons. The largest absolute Gasteiger partial charge is 0.349 e. The van der Waals surface area contributed by atoms with Crippen molar-refractivity contribution in [2.75, 3.05) is 45.8 Å². The van der Waals surface area contributed by atoms with Gasteiger partial charge in [-0.05, 0) is 19.1 Å². The Kier molecular flexibility index (Phi) is 6.67. The van der Waals surface area contributed by atoms with E-state index in [4.69, 9.17) is 5.73 Å². The lowest BCUT2D eigenvalue weighted by Gasteiger charge is -2.33. The van der Waals surface area contributed by atoms with Crippen molar-refractivity contribution in [1.29, 1.82) is 0 Å². The number of hydrogen-bond acceptors (Lipinski definition) is 5. The van der Waals surface area contributed by atoms with Crippen LogP contribution in [0.4, 0.5) is 8.78 Å². The van der Waals surface area contributed by atoms with Crippen molar-refractivity contribution >= 4 is 15.9 Å². The third-order valence-electron chi connectivity index (χ3n) is 4.20. The van der Waals surface area contributed by atoms with Gasteiger partial charge in [0.2, 0.25) is 15.9 Å². The lowest BCUT2D eigenvalue weighted by atomic mass is 10.2. The molecule has 1 fully saturated rings. The lowest BCUT2D eigenvalue weighted by Crippen LogP contribution is -2.52. The van der Waals surface area contributed by atoms with Crippen LogP contribution in [0, 0.1) is 6.92 Å². The summed E-state index contributed by atoms with van der Waals surface area (Å²) in [4.78, 5) is 13.7. The molecule has 10 heteroatoms. The minimum Gasteiger partial charge on any atom is -0.349 e.